The average molecular weight is 730 g/mol. The van der Waals surface area contributed by atoms with E-state index in [0.29, 0.717) is 41.7 Å². The van der Waals surface area contributed by atoms with Crippen LogP contribution in [0.2, 0.25) is 0 Å². The van der Waals surface area contributed by atoms with E-state index in [4.69, 9.17) is 21.3 Å². The number of allylic oxidation sites excluding steroid dienone is 1. The van der Waals surface area contributed by atoms with Gasteiger partial charge in [0.05, 0.1) is 5.71 Å². The van der Waals surface area contributed by atoms with Crippen LogP contribution in [0.4, 0.5) is 5.69 Å². The van der Waals surface area contributed by atoms with Crippen molar-refractivity contribution in [1.82, 2.24) is 9.96 Å². The molecule has 3 aromatic rings. The minimum absolute atomic E-state index is 0. The average Bonchev–Trinajstić information content (AvgIpc) is 3.07. The zero-order chi connectivity index (χ0) is 33.9. The minimum atomic E-state index is -0.568. The first kappa shape index (κ1) is 39.0. The zero-order valence-corrected chi connectivity index (χ0v) is 31.0. The molecule has 1 radical (unpaired) electrons. The molecule has 2 aliphatic rings. The summed E-state index contributed by atoms with van der Waals surface area (Å²) in [5.41, 5.74) is 10.0. The molecular formula is C37H48N6O4Y. The standard InChI is InChI=1S/C35H42N6O4.C2H6.Y/c1-39(44)34(7-4-20-42)45-29-14-12-27(13-15-29)41-22-28(23-41)40-18-16-25(17-19-40)24-8-10-26(11-9-24)31(35(37)38)21-32(36)30-5-2-3-6-33(30)43;1-2;/h2-3,5-6,8-15,20-21,25,28,34,36,43-44H,4,7,16-19,22-23H2,1H3,(H3,37,38);1-2H3;/b31-21-,36-32?;;. The second kappa shape index (κ2) is 19.0. The second-order valence-corrected chi connectivity index (χ2v) is 11.8. The summed E-state index contributed by atoms with van der Waals surface area (Å²) in [7, 11) is 1.52. The number of hydrogen-bond donors (Lipinski definition) is 5. The van der Waals surface area contributed by atoms with E-state index in [-0.39, 0.29) is 50.0 Å². The smallest absolute Gasteiger partial charge is 0.174 e. The number of phenolic OH excluding ortho intramolecular Hbond substituents is 1. The largest absolute Gasteiger partial charge is 0.507 e. The van der Waals surface area contributed by atoms with Crippen LogP contribution in [0.3, 0.4) is 0 Å². The Morgan fingerprint density at radius 1 is 1.02 bits per heavy atom. The van der Waals surface area contributed by atoms with E-state index in [1.54, 1.807) is 24.3 Å². The van der Waals surface area contributed by atoms with Crippen LogP contribution in [0.5, 0.6) is 11.5 Å². The van der Waals surface area contributed by atoms with E-state index in [2.05, 4.69) is 21.9 Å². The predicted molar refractivity (Wildman–Crippen MR) is 188 cm³/mol. The van der Waals surface area contributed by atoms with E-state index >= 15 is 0 Å². The van der Waals surface area contributed by atoms with Gasteiger partial charge in [0.2, 0.25) is 0 Å². The number of aldehydes is 1. The molecule has 2 aliphatic heterocycles. The molecule has 0 aliphatic carbocycles. The normalized spacial score (nSPS) is 16.2. The molecule has 10 nitrogen and oxygen atoms in total. The van der Waals surface area contributed by atoms with Crippen LogP contribution in [-0.4, -0.2) is 83.6 Å². The summed E-state index contributed by atoms with van der Waals surface area (Å²) < 4.78 is 5.85. The third-order valence-electron chi connectivity index (χ3n) is 8.80. The Kier molecular flexibility index (Phi) is 15.4. The minimum Gasteiger partial charge on any atom is -0.507 e. The number of rotatable bonds is 13. The van der Waals surface area contributed by atoms with Crippen LogP contribution in [0.25, 0.3) is 5.57 Å². The zero-order valence-electron chi connectivity index (χ0n) is 28.2. The summed E-state index contributed by atoms with van der Waals surface area (Å²) >= 11 is 0. The molecule has 11 heteroatoms. The summed E-state index contributed by atoms with van der Waals surface area (Å²) in [6.07, 6.45) is 4.70. The van der Waals surface area contributed by atoms with Gasteiger partial charge in [-0.05, 0) is 85.5 Å². The molecule has 5 rings (SSSR count). The van der Waals surface area contributed by atoms with E-state index in [1.807, 2.05) is 50.2 Å². The first-order valence-corrected chi connectivity index (χ1v) is 16.4. The van der Waals surface area contributed by atoms with Crippen molar-refractivity contribution in [2.45, 2.75) is 57.7 Å². The van der Waals surface area contributed by atoms with Gasteiger partial charge in [-0.1, -0.05) is 50.2 Å². The first-order chi connectivity index (χ1) is 22.7. The number of anilines is 1. The number of nitrogens with zero attached hydrogens (tertiary/aromatic N) is 3. The summed E-state index contributed by atoms with van der Waals surface area (Å²) in [6.45, 7) is 8.06. The Morgan fingerprint density at radius 3 is 2.21 bits per heavy atom. The Labute approximate surface area is 309 Å². The summed E-state index contributed by atoms with van der Waals surface area (Å²) in [5, 5.41) is 37.4. The van der Waals surface area contributed by atoms with Crippen molar-refractivity contribution in [1.29, 1.82) is 10.8 Å². The van der Waals surface area contributed by atoms with Crippen molar-refractivity contribution in [3.05, 3.63) is 95.6 Å². The molecule has 1 unspecified atom stereocenters. The van der Waals surface area contributed by atoms with Crippen molar-refractivity contribution in [3.63, 3.8) is 0 Å². The summed E-state index contributed by atoms with van der Waals surface area (Å²) in [5.74, 6) is 1.02. The summed E-state index contributed by atoms with van der Waals surface area (Å²) in [6, 6.07) is 23.3. The number of nitrogens with one attached hydrogen (secondary N) is 2. The Morgan fingerprint density at radius 2 is 1.65 bits per heavy atom. The molecule has 0 aromatic heterocycles. The fourth-order valence-electron chi connectivity index (χ4n) is 6.10. The van der Waals surface area contributed by atoms with Crippen molar-refractivity contribution in [2.75, 3.05) is 38.1 Å². The van der Waals surface area contributed by atoms with Gasteiger partial charge in [-0.3, -0.25) is 10.3 Å². The number of hydrogen-bond acceptors (Lipinski definition) is 9. The molecule has 2 fully saturated rings. The number of benzene rings is 3. The maximum absolute atomic E-state index is 10.7. The van der Waals surface area contributed by atoms with E-state index in [0.717, 1.165) is 61.6 Å². The molecule has 2 heterocycles. The van der Waals surface area contributed by atoms with Gasteiger partial charge in [-0.2, -0.15) is 5.06 Å². The van der Waals surface area contributed by atoms with Gasteiger partial charge in [0, 0.05) is 88.6 Å². The number of para-hydroxylation sites is 1. The third kappa shape index (κ3) is 10.1. The predicted octanol–water partition coefficient (Wildman–Crippen LogP) is 5.88. The van der Waals surface area contributed by atoms with Crippen LogP contribution >= 0.6 is 0 Å². The van der Waals surface area contributed by atoms with Crippen molar-refractivity contribution >= 4 is 29.1 Å². The number of carbonyl (C=O) groups is 1. The number of nitrogens with two attached hydrogens (primary N) is 1. The van der Waals surface area contributed by atoms with Crippen molar-refractivity contribution in [3.8, 4) is 11.5 Å². The topological polar surface area (TPSA) is 150 Å². The SMILES string of the molecule is CC.CN(O)C(CCC=O)Oc1ccc(N2CC(N3CCC(c4ccc(/C(=C/C(=N)c5ccccc5O)C(=N)N)cc4)CC3)C2)cc1.[Y]. The fourth-order valence-corrected chi connectivity index (χ4v) is 6.10. The van der Waals surface area contributed by atoms with Gasteiger partial charge < -0.3 is 35.9 Å². The quantitative estimate of drug-likeness (QED) is 0.0482. The number of amidine groups is 1. The van der Waals surface area contributed by atoms with Crippen LogP contribution in [0.1, 0.15) is 62.1 Å². The number of likely N-dealkylation sites (tertiary alicyclic amines) is 1. The molecule has 0 bridgehead atoms. The number of hydroxylamine groups is 2. The first-order valence-electron chi connectivity index (χ1n) is 16.4. The molecular weight excluding hydrogens is 681 g/mol. The van der Waals surface area contributed by atoms with Gasteiger partial charge in [0.1, 0.15) is 23.6 Å². The number of ether oxygens (including phenoxy) is 1. The Balaban J connectivity index is 0.00000204. The number of phenols is 1. The van der Waals surface area contributed by atoms with Gasteiger partial charge in [0.15, 0.2) is 6.23 Å². The monoisotopic (exact) mass is 729 g/mol. The van der Waals surface area contributed by atoms with Crippen molar-refractivity contribution < 1.29 is 52.6 Å². The molecule has 3 aromatic carbocycles. The van der Waals surface area contributed by atoms with Gasteiger partial charge in [0.25, 0.3) is 0 Å². The van der Waals surface area contributed by atoms with Crippen LogP contribution in [0.15, 0.2) is 78.9 Å². The van der Waals surface area contributed by atoms with Crippen LogP contribution < -0.4 is 15.4 Å². The van der Waals surface area contributed by atoms with E-state index in [9.17, 15) is 15.1 Å². The molecule has 0 amide bonds. The molecule has 253 valence electrons. The maximum Gasteiger partial charge on any atom is 0.174 e. The molecule has 1 atom stereocenters. The molecule has 48 heavy (non-hydrogen) atoms. The Hall–Kier alpha value is -3.41. The van der Waals surface area contributed by atoms with Crippen LogP contribution in [0, 0.1) is 10.8 Å². The maximum atomic E-state index is 10.7. The number of aromatic hydroxyl groups is 1. The molecule has 6 N–H and O–H groups in total. The van der Waals surface area contributed by atoms with Gasteiger partial charge in [-0.15, -0.1) is 0 Å². The number of piperidine rings is 1. The van der Waals surface area contributed by atoms with Crippen LogP contribution in [-0.2, 0) is 37.5 Å². The van der Waals surface area contributed by atoms with E-state index in [1.165, 1.54) is 18.7 Å². The molecule has 0 spiro atoms. The second-order valence-electron chi connectivity index (χ2n) is 11.8. The van der Waals surface area contributed by atoms with Gasteiger partial charge in [-0.25, -0.2) is 0 Å². The fraction of sp³-hybridized carbons (Fsp3) is 0.378. The summed E-state index contributed by atoms with van der Waals surface area (Å²) in [4.78, 5) is 15.7. The van der Waals surface area contributed by atoms with Crippen molar-refractivity contribution in [2.24, 2.45) is 5.73 Å². The van der Waals surface area contributed by atoms with Gasteiger partial charge >= 0.3 is 0 Å². The molecule has 2 saturated heterocycles. The third-order valence-corrected chi connectivity index (χ3v) is 8.80. The van der Waals surface area contributed by atoms with E-state index < -0.39 is 6.23 Å². The number of carbonyl (C=O) groups excluding carboxylic acids is 1. The molecule has 0 saturated carbocycles. The Bertz CT molecular complexity index is 1520.